The van der Waals surface area contributed by atoms with Crippen LogP contribution < -0.4 is 17.0 Å². The highest BCUT2D eigenvalue weighted by Gasteiger charge is 2.45. The lowest BCUT2D eigenvalue weighted by atomic mass is 9.78. The van der Waals surface area contributed by atoms with Crippen LogP contribution in [0.1, 0.15) is 202 Å². The minimum atomic E-state index is 0. The Bertz CT molecular complexity index is 415. The number of quaternary nitrogens is 1. The summed E-state index contributed by atoms with van der Waals surface area (Å²) < 4.78 is 1.38. The summed E-state index contributed by atoms with van der Waals surface area (Å²) in [5, 5.41) is 0. The van der Waals surface area contributed by atoms with E-state index in [1.807, 2.05) is 0 Å². The van der Waals surface area contributed by atoms with Crippen molar-refractivity contribution in [2.45, 2.75) is 207 Å². The first-order chi connectivity index (χ1) is 17.6. The van der Waals surface area contributed by atoms with Gasteiger partial charge in [0.25, 0.3) is 0 Å². The molecule has 226 valence electrons. The molecule has 2 heteroatoms. The SMILES string of the molecule is CCCCCCCCCCCCCCCC[N+](C)(CCCCC)C(CCCC)(CCCC)CCCC.[Br-]. The largest absolute Gasteiger partial charge is 1.00 e. The molecular weight excluding hydrogens is 514 g/mol. The van der Waals surface area contributed by atoms with Crippen LogP contribution in [-0.2, 0) is 0 Å². The zero-order chi connectivity index (χ0) is 26.8. The number of rotatable bonds is 29. The standard InChI is InChI=1S/C35H74N.BrH/c1-7-12-17-18-19-20-21-22-23-24-25-26-27-29-34-36(6,33-28-13-8-2)35(30-14-9-3,31-15-10-4)32-16-11-5;/h7-34H2,1-6H3;1H/q+1;/p-1. The fourth-order valence-corrected chi connectivity index (χ4v) is 6.65. The second-order valence-electron chi connectivity index (χ2n) is 12.7. The Hall–Kier alpha value is 0.440. The maximum atomic E-state index is 2.69. The Morgan fingerprint density at radius 3 is 0.919 bits per heavy atom. The first-order valence-corrected chi connectivity index (χ1v) is 17.4. The van der Waals surface area contributed by atoms with Crippen molar-refractivity contribution in [2.75, 3.05) is 20.1 Å². The molecule has 1 nitrogen and oxygen atoms in total. The minimum Gasteiger partial charge on any atom is -1.00 e. The minimum absolute atomic E-state index is 0. The maximum Gasteiger partial charge on any atom is 0.0990 e. The molecule has 0 fully saturated rings. The van der Waals surface area contributed by atoms with Crippen LogP contribution in [0.15, 0.2) is 0 Å². The van der Waals surface area contributed by atoms with Gasteiger partial charge in [0.05, 0.1) is 25.7 Å². The third-order valence-electron chi connectivity index (χ3n) is 9.39. The van der Waals surface area contributed by atoms with Crippen molar-refractivity contribution in [2.24, 2.45) is 0 Å². The van der Waals surface area contributed by atoms with Gasteiger partial charge in [-0.1, -0.05) is 137 Å². The number of hydrogen-bond donors (Lipinski definition) is 0. The van der Waals surface area contributed by atoms with Crippen LogP contribution in [-0.4, -0.2) is 30.2 Å². The zero-order valence-corrected chi connectivity index (χ0v) is 28.7. The molecule has 0 aromatic rings. The fourth-order valence-electron chi connectivity index (χ4n) is 6.65. The lowest BCUT2D eigenvalue weighted by Crippen LogP contribution is -3.00. The van der Waals surface area contributed by atoms with Gasteiger partial charge in [-0.3, -0.25) is 0 Å². The molecule has 0 aliphatic heterocycles. The molecule has 0 bridgehead atoms. The van der Waals surface area contributed by atoms with Gasteiger partial charge in [0.15, 0.2) is 0 Å². The predicted octanol–water partition coefficient (Wildman–Crippen LogP) is 9.42. The van der Waals surface area contributed by atoms with Gasteiger partial charge in [-0.15, -0.1) is 0 Å². The molecule has 0 saturated heterocycles. The Morgan fingerprint density at radius 2 is 0.595 bits per heavy atom. The molecule has 0 aromatic heterocycles. The molecule has 0 N–H and O–H groups in total. The molecule has 0 aliphatic carbocycles. The van der Waals surface area contributed by atoms with Crippen LogP contribution >= 0.6 is 0 Å². The first kappa shape index (κ1) is 39.6. The van der Waals surface area contributed by atoms with Gasteiger partial charge >= 0.3 is 0 Å². The molecule has 0 heterocycles. The summed E-state index contributed by atoms with van der Waals surface area (Å²) in [6.45, 7) is 14.7. The molecule has 1 unspecified atom stereocenters. The van der Waals surface area contributed by atoms with Gasteiger partial charge in [0, 0.05) is 19.3 Å². The smallest absolute Gasteiger partial charge is 0.0990 e. The van der Waals surface area contributed by atoms with Crippen molar-refractivity contribution < 1.29 is 21.5 Å². The van der Waals surface area contributed by atoms with Crippen molar-refractivity contribution in [3.63, 3.8) is 0 Å². The van der Waals surface area contributed by atoms with E-state index in [9.17, 15) is 0 Å². The van der Waals surface area contributed by atoms with Crippen molar-refractivity contribution in [3.8, 4) is 0 Å². The van der Waals surface area contributed by atoms with Gasteiger partial charge in [-0.05, 0) is 44.9 Å². The Morgan fingerprint density at radius 1 is 0.351 bits per heavy atom. The number of nitrogens with zero attached hydrogens (tertiary/aromatic N) is 1. The summed E-state index contributed by atoms with van der Waals surface area (Å²) >= 11 is 0. The van der Waals surface area contributed by atoms with E-state index in [0.29, 0.717) is 5.54 Å². The maximum absolute atomic E-state index is 2.69. The van der Waals surface area contributed by atoms with Crippen LogP contribution in [0.4, 0.5) is 0 Å². The lowest BCUT2D eigenvalue weighted by molar-refractivity contribution is -0.961. The van der Waals surface area contributed by atoms with Gasteiger partial charge in [-0.2, -0.15) is 0 Å². The number of unbranched alkanes of at least 4 members (excludes halogenated alkanes) is 18. The van der Waals surface area contributed by atoms with Crippen molar-refractivity contribution in [3.05, 3.63) is 0 Å². The van der Waals surface area contributed by atoms with E-state index in [1.165, 1.54) is 185 Å². The first-order valence-electron chi connectivity index (χ1n) is 17.4. The van der Waals surface area contributed by atoms with Crippen LogP contribution in [0.25, 0.3) is 0 Å². The van der Waals surface area contributed by atoms with Crippen molar-refractivity contribution in [1.82, 2.24) is 0 Å². The van der Waals surface area contributed by atoms with E-state index in [1.54, 1.807) is 0 Å². The average Bonchev–Trinajstić information content (AvgIpc) is 2.88. The number of hydrogen-bond acceptors (Lipinski definition) is 0. The van der Waals surface area contributed by atoms with Gasteiger partial charge in [0.2, 0.25) is 0 Å². The summed E-state index contributed by atoms with van der Waals surface area (Å²) in [4.78, 5) is 0. The van der Waals surface area contributed by atoms with E-state index in [4.69, 9.17) is 0 Å². The summed E-state index contributed by atoms with van der Waals surface area (Å²) in [6.07, 6.45) is 37.4. The van der Waals surface area contributed by atoms with Crippen LogP contribution in [0.2, 0.25) is 0 Å². The molecular formula is C35H74BrN. The molecule has 37 heavy (non-hydrogen) atoms. The van der Waals surface area contributed by atoms with Gasteiger partial charge < -0.3 is 21.5 Å². The third-order valence-corrected chi connectivity index (χ3v) is 9.39. The van der Waals surface area contributed by atoms with E-state index >= 15 is 0 Å². The second-order valence-corrected chi connectivity index (χ2v) is 12.7. The highest BCUT2D eigenvalue weighted by atomic mass is 79.9. The summed E-state index contributed by atoms with van der Waals surface area (Å²) in [6, 6.07) is 0. The highest BCUT2D eigenvalue weighted by molar-refractivity contribution is 4.82. The summed E-state index contributed by atoms with van der Waals surface area (Å²) in [5.41, 5.74) is 0.534. The van der Waals surface area contributed by atoms with E-state index in [0.717, 1.165) is 0 Å². The van der Waals surface area contributed by atoms with Crippen LogP contribution in [0.5, 0.6) is 0 Å². The van der Waals surface area contributed by atoms with Gasteiger partial charge in [0.1, 0.15) is 0 Å². The Balaban J connectivity index is 0. The van der Waals surface area contributed by atoms with E-state index < -0.39 is 0 Å². The average molecular weight is 589 g/mol. The van der Waals surface area contributed by atoms with Crippen LogP contribution in [0, 0.1) is 0 Å². The van der Waals surface area contributed by atoms with E-state index in [-0.39, 0.29) is 17.0 Å². The second kappa shape index (κ2) is 28.0. The molecule has 1 atom stereocenters. The molecule has 0 amide bonds. The monoisotopic (exact) mass is 588 g/mol. The Kier molecular flexibility index (Phi) is 29.9. The summed E-state index contributed by atoms with van der Waals surface area (Å²) in [7, 11) is 2.69. The highest BCUT2D eigenvalue weighted by Crippen LogP contribution is 2.39. The van der Waals surface area contributed by atoms with Crippen molar-refractivity contribution >= 4 is 0 Å². The molecule has 0 spiro atoms. The Labute approximate surface area is 248 Å². The lowest BCUT2D eigenvalue weighted by Gasteiger charge is -2.53. The normalized spacial score (nSPS) is 13.5. The predicted molar refractivity (Wildman–Crippen MR) is 167 cm³/mol. The molecule has 0 aromatic carbocycles. The molecule has 0 rings (SSSR count). The third kappa shape index (κ3) is 19.2. The zero-order valence-electron chi connectivity index (χ0n) is 27.1. The van der Waals surface area contributed by atoms with E-state index in [2.05, 4.69) is 41.7 Å². The molecule has 0 aliphatic rings. The van der Waals surface area contributed by atoms with Crippen molar-refractivity contribution in [1.29, 1.82) is 0 Å². The number of halogens is 1. The summed E-state index contributed by atoms with van der Waals surface area (Å²) in [5.74, 6) is 0. The van der Waals surface area contributed by atoms with Gasteiger partial charge in [-0.25, -0.2) is 0 Å². The quantitative estimate of drug-likeness (QED) is 0.0603. The fraction of sp³-hybridized carbons (Fsp3) is 1.00. The topological polar surface area (TPSA) is 0 Å². The van der Waals surface area contributed by atoms with Crippen LogP contribution in [0.3, 0.4) is 0 Å². The molecule has 0 radical (unpaired) electrons. The molecule has 0 saturated carbocycles.